The third kappa shape index (κ3) is 2.44. The lowest BCUT2D eigenvalue weighted by Gasteiger charge is -2.29. The van der Waals surface area contributed by atoms with Crippen LogP contribution in [0.25, 0.3) is 0 Å². The average Bonchev–Trinajstić information content (AvgIpc) is 2.46. The van der Waals surface area contributed by atoms with Gasteiger partial charge < -0.3 is 9.64 Å². The van der Waals surface area contributed by atoms with Gasteiger partial charge in [-0.1, -0.05) is 6.92 Å². The predicted molar refractivity (Wildman–Crippen MR) is 67.6 cm³/mol. The summed E-state index contributed by atoms with van der Waals surface area (Å²) in [5, 5.41) is 0. The lowest BCUT2D eigenvalue weighted by molar-refractivity contribution is 0.0599. The molecule has 1 aliphatic rings. The standard InChI is InChI=1S/C13H18N3O2/c1-3-10-11(13(17)18-2)12(15-9-14-10)16-7-5-4-6-8-16/h3-8H2,1-2H3. The Bertz CT molecular complexity index is 428. The van der Waals surface area contributed by atoms with Crippen LogP contribution in [0.2, 0.25) is 0 Å². The van der Waals surface area contributed by atoms with E-state index < -0.39 is 0 Å². The minimum atomic E-state index is -0.360. The molecular weight excluding hydrogens is 230 g/mol. The molecule has 0 amide bonds. The summed E-state index contributed by atoms with van der Waals surface area (Å²) in [4.78, 5) is 22.3. The van der Waals surface area contributed by atoms with Crippen LogP contribution >= 0.6 is 0 Å². The molecule has 0 saturated carbocycles. The molecule has 2 rings (SSSR count). The number of hydrogen-bond acceptors (Lipinski definition) is 5. The van der Waals surface area contributed by atoms with Gasteiger partial charge in [0.15, 0.2) is 6.33 Å². The molecule has 1 radical (unpaired) electrons. The minimum absolute atomic E-state index is 0.360. The zero-order valence-electron chi connectivity index (χ0n) is 10.9. The smallest absolute Gasteiger partial charge is 0.343 e. The Morgan fingerprint density at radius 3 is 2.67 bits per heavy atom. The van der Waals surface area contributed by atoms with Gasteiger partial charge in [-0.15, -0.1) is 0 Å². The molecule has 0 spiro atoms. The van der Waals surface area contributed by atoms with Crippen LogP contribution < -0.4 is 4.90 Å². The van der Waals surface area contributed by atoms with Crippen LogP contribution in [0.15, 0.2) is 0 Å². The molecule has 1 aliphatic heterocycles. The largest absolute Gasteiger partial charge is 0.465 e. The number of hydrogen-bond donors (Lipinski definition) is 0. The van der Waals surface area contributed by atoms with Crippen molar-refractivity contribution in [2.75, 3.05) is 25.1 Å². The highest BCUT2D eigenvalue weighted by atomic mass is 16.5. The monoisotopic (exact) mass is 248 g/mol. The quantitative estimate of drug-likeness (QED) is 0.761. The highest BCUT2D eigenvalue weighted by Crippen LogP contribution is 2.24. The first-order valence-electron chi connectivity index (χ1n) is 6.38. The number of ether oxygens (including phenoxy) is 1. The molecule has 1 aromatic heterocycles. The van der Waals surface area contributed by atoms with Gasteiger partial charge in [-0.05, 0) is 25.7 Å². The van der Waals surface area contributed by atoms with Crippen molar-refractivity contribution in [3.05, 3.63) is 17.6 Å². The second-order valence-electron chi connectivity index (χ2n) is 4.36. The van der Waals surface area contributed by atoms with Gasteiger partial charge in [0.2, 0.25) is 0 Å². The summed E-state index contributed by atoms with van der Waals surface area (Å²) in [6.45, 7) is 3.82. The maximum absolute atomic E-state index is 11.9. The first-order valence-corrected chi connectivity index (χ1v) is 6.38. The Hall–Kier alpha value is -1.65. The number of nitrogens with zero attached hydrogens (tertiary/aromatic N) is 3. The summed E-state index contributed by atoms with van der Waals surface area (Å²) in [6.07, 6.45) is 6.82. The highest BCUT2D eigenvalue weighted by molar-refractivity contribution is 5.95. The van der Waals surface area contributed by atoms with Crippen LogP contribution in [0, 0.1) is 6.33 Å². The molecule has 1 aromatic rings. The molecule has 0 aliphatic carbocycles. The predicted octanol–water partition coefficient (Wildman–Crippen LogP) is 1.62. The lowest BCUT2D eigenvalue weighted by Crippen LogP contribution is -2.32. The van der Waals surface area contributed by atoms with E-state index in [1.54, 1.807) is 0 Å². The molecule has 0 atom stereocenters. The molecule has 5 nitrogen and oxygen atoms in total. The SMILES string of the molecule is CCc1n[c]nc(N2CCCCC2)c1C(=O)OC. The van der Waals surface area contributed by atoms with E-state index in [2.05, 4.69) is 21.2 Å². The number of anilines is 1. The van der Waals surface area contributed by atoms with E-state index in [1.807, 2.05) is 6.92 Å². The van der Waals surface area contributed by atoms with E-state index in [1.165, 1.54) is 13.5 Å². The number of piperidine rings is 1. The second-order valence-corrected chi connectivity index (χ2v) is 4.36. The van der Waals surface area contributed by atoms with Crippen molar-refractivity contribution in [3.8, 4) is 0 Å². The van der Waals surface area contributed by atoms with Gasteiger partial charge in [-0.3, -0.25) is 0 Å². The fraction of sp³-hybridized carbons (Fsp3) is 0.615. The Kier molecular flexibility index (Phi) is 4.12. The molecule has 97 valence electrons. The first kappa shape index (κ1) is 12.8. The van der Waals surface area contributed by atoms with Crippen molar-refractivity contribution < 1.29 is 9.53 Å². The highest BCUT2D eigenvalue weighted by Gasteiger charge is 2.24. The van der Waals surface area contributed by atoms with Crippen LogP contribution in [0.4, 0.5) is 5.82 Å². The number of aryl methyl sites for hydroxylation is 1. The topological polar surface area (TPSA) is 55.3 Å². The lowest BCUT2D eigenvalue weighted by atomic mass is 10.1. The average molecular weight is 248 g/mol. The molecule has 0 aromatic carbocycles. The van der Waals surface area contributed by atoms with Crippen molar-refractivity contribution in [3.63, 3.8) is 0 Å². The summed E-state index contributed by atoms with van der Waals surface area (Å²) in [5.74, 6) is 0.315. The minimum Gasteiger partial charge on any atom is -0.465 e. The number of carbonyl (C=O) groups excluding carboxylic acids is 1. The molecule has 1 saturated heterocycles. The van der Waals surface area contributed by atoms with Crippen LogP contribution in [-0.2, 0) is 11.2 Å². The van der Waals surface area contributed by atoms with Gasteiger partial charge in [-0.25, -0.2) is 14.8 Å². The van der Waals surface area contributed by atoms with Crippen LogP contribution in [0.3, 0.4) is 0 Å². The first-order chi connectivity index (χ1) is 8.77. The number of aromatic nitrogens is 2. The molecule has 1 fully saturated rings. The van der Waals surface area contributed by atoms with Crippen LogP contribution in [0.1, 0.15) is 42.2 Å². The molecule has 5 heteroatoms. The van der Waals surface area contributed by atoms with Crippen molar-refractivity contribution in [1.29, 1.82) is 0 Å². The van der Waals surface area contributed by atoms with E-state index >= 15 is 0 Å². The number of carbonyl (C=O) groups is 1. The fourth-order valence-electron chi connectivity index (χ4n) is 2.28. The molecular formula is C13H18N3O2. The van der Waals surface area contributed by atoms with Crippen molar-refractivity contribution in [2.24, 2.45) is 0 Å². The molecule has 18 heavy (non-hydrogen) atoms. The maximum Gasteiger partial charge on any atom is 0.343 e. The van der Waals surface area contributed by atoms with E-state index in [0.717, 1.165) is 25.9 Å². The zero-order chi connectivity index (χ0) is 13.0. The Balaban J connectivity index is 2.41. The van der Waals surface area contributed by atoms with Crippen LogP contribution in [-0.4, -0.2) is 36.1 Å². The Morgan fingerprint density at radius 2 is 2.06 bits per heavy atom. The van der Waals surface area contributed by atoms with Crippen LogP contribution in [0.5, 0.6) is 0 Å². The van der Waals surface area contributed by atoms with E-state index in [9.17, 15) is 4.79 Å². The van der Waals surface area contributed by atoms with Gasteiger partial charge in [0, 0.05) is 13.1 Å². The fourth-order valence-corrected chi connectivity index (χ4v) is 2.28. The van der Waals surface area contributed by atoms with Crippen molar-refractivity contribution in [1.82, 2.24) is 9.97 Å². The molecule has 0 unspecified atom stereocenters. The summed E-state index contributed by atoms with van der Waals surface area (Å²) >= 11 is 0. The van der Waals surface area contributed by atoms with Crippen molar-refractivity contribution >= 4 is 11.8 Å². The van der Waals surface area contributed by atoms with Gasteiger partial charge in [-0.2, -0.15) is 0 Å². The molecule has 0 N–H and O–H groups in total. The Labute approximate surface area is 107 Å². The number of rotatable bonds is 3. The zero-order valence-corrected chi connectivity index (χ0v) is 10.9. The van der Waals surface area contributed by atoms with E-state index in [4.69, 9.17) is 4.74 Å². The van der Waals surface area contributed by atoms with E-state index in [-0.39, 0.29) is 5.97 Å². The summed E-state index contributed by atoms with van der Waals surface area (Å²) in [5.41, 5.74) is 1.21. The van der Waals surface area contributed by atoms with Gasteiger partial charge in [0.25, 0.3) is 0 Å². The summed E-state index contributed by atoms with van der Waals surface area (Å²) < 4.78 is 4.85. The number of esters is 1. The molecule has 2 heterocycles. The van der Waals surface area contributed by atoms with Gasteiger partial charge in [0.05, 0.1) is 12.8 Å². The Morgan fingerprint density at radius 1 is 1.33 bits per heavy atom. The summed E-state index contributed by atoms with van der Waals surface area (Å²) in [7, 11) is 1.39. The van der Waals surface area contributed by atoms with Crippen molar-refractivity contribution in [2.45, 2.75) is 32.6 Å². The maximum atomic E-state index is 11.9. The third-order valence-corrected chi connectivity index (χ3v) is 3.23. The third-order valence-electron chi connectivity index (χ3n) is 3.23. The van der Waals surface area contributed by atoms with E-state index in [0.29, 0.717) is 23.5 Å². The van der Waals surface area contributed by atoms with Gasteiger partial charge in [0.1, 0.15) is 11.4 Å². The second kappa shape index (κ2) is 5.80. The van der Waals surface area contributed by atoms with Gasteiger partial charge >= 0.3 is 5.97 Å². The normalized spacial score (nSPS) is 15.6. The summed E-state index contributed by atoms with van der Waals surface area (Å²) in [6, 6.07) is 0. The number of methoxy groups -OCH3 is 1. The molecule has 0 bridgehead atoms.